The summed E-state index contributed by atoms with van der Waals surface area (Å²) < 4.78 is 47.4. The predicted octanol–water partition coefficient (Wildman–Crippen LogP) is 4.04. The molecular weight excluding hydrogens is 411 g/mol. The molecule has 0 spiro atoms. The minimum absolute atomic E-state index is 0.0132. The Bertz CT molecular complexity index is 994. The number of anilines is 1. The number of fused-ring (bicyclic) bond motifs is 2. The van der Waals surface area contributed by atoms with Crippen LogP contribution in [0, 0.1) is 0 Å². The van der Waals surface area contributed by atoms with Crippen molar-refractivity contribution in [2.75, 3.05) is 24.7 Å². The van der Waals surface area contributed by atoms with E-state index in [9.17, 15) is 18.0 Å². The van der Waals surface area contributed by atoms with Crippen molar-refractivity contribution < 1.29 is 27.4 Å². The summed E-state index contributed by atoms with van der Waals surface area (Å²) in [5.41, 5.74) is 2.42. The summed E-state index contributed by atoms with van der Waals surface area (Å²) in [6, 6.07) is 5.32. The highest BCUT2D eigenvalue weighted by Crippen LogP contribution is 2.32. The van der Waals surface area contributed by atoms with Gasteiger partial charge in [-0.15, -0.1) is 0 Å². The zero-order chi connectivity index (χ0) is 20.6. The first-order valence-corrected chi connectivity index (χ1v) is 9.18. The van der Waals surface area contributed by atoms with Crippen LogP contribution >= 0.6 is 11.6 Å². The van der Waals surface area contributed by atoms with Crippen LogP contribution in [0.25, 0.3) is 6.08 Å². The number of halogens is 4. The largest absolute Gasteiger partial charge is 0.488 e. The second-order valence-corrected chi connectivity index (χ2v) is 6.91. The van der Waals surface area contributed by atoms with E-state index in [-0.39, 0.29) is 29.1 Å². The van der Waals surface area contributed by atoms with Gasteiger partial charge in [0.1, 0.15) is 23.7 Å². The zero-order valence-electron chi connectivity index (χ0n) is 15.0. The molecule has 2 aromatic rings. The predicted molar refractivity (Wildman–Crippen MR) is 99.0 cm³/mol. The van der Waals surface area contributed by atoms with Crippen LogP contribution < -0.4 is 9.64 Å². The molecule has 1 aliphatic carbocycles. The number of aromatic nitrogens is 2. The highest BCUT2D eigenvalue weighted by atomic mass is 35.5. The molecule has 1 amide bonds. The third kappa shape index (κ3) is 4.14. The Morgan fingerprint density at radius 2 is 2.07 bits per heavy atom. The van der Waals surface area contributed by atoms with Crippen molar-refractivity contribution >= 4 is 29.3 Å². The SMILES string of the molecule is O=C1c2c(Cl)ncnc2OCCN1c1ccc2c(c1)CCC(OCC(F)(F)F)=C2. The molecule has 2 heterocycles. The second-order valence-electron chi connectivity index (χ2n) is 6.55. The lowest BCUT2D eigenvalue weighted by atomic mass is 9.95. The van der Waals surface area contributed by atoms with Crippen molar-refractivity contribution in [3.63, 3.8) is 0 Å². The third-order valence-electron chi connectivity index (χ3n) is 4.60. The molecule has 0 unspecified atom stereocenters. The van der Waals surface area contributed by atoms with Crippen molar-refractivity contribution in [3.8, 4) is 5.88 Å². The highest BCUT2D eigenvalue weighted by Gasteiger charge is 2.30. The Morgan fingerprint density at radius 1 is 1.24 bits per heavy atom. The fourth-order valence-electron chi connectivity index (χ4n) is 3.26. The fourth-order valence-corrected chi connectivity index (χ4v) is 3.47. The minimum atomic E-state index is -4.37. The molecule has 0 radical (unpaired) electrons. The summed E-state index contributed by atoms with van der Waals surface area (Å²) in [5, 5.41) is 0.0132. The lowest BCUT2D eigenvalue weighted by Gasteiger charge is -2.23. The minimum Gasteiger partial charge on any atom is -0.488 e. The molecule has 4 rings (SSSR count). The van der Waals surface area contributed by atoms with Gasteiger partial charge in [0.05, 0.1) is 12.3 Å². The highest BCUT2D eigenvalue weighted by molar-refractivity contribution is 6.33. The average Bonchev–Trinajstić information content (AvgIpc) is 2.85. The topological polar surface area (TPSA) is 64.5 Å². The van der Waals surface area contributed by atoms with Crippen LogP contribution in [0.1, 0.15) is 27.9 Å². The van der Waals surface area contributed by atoms with Crippen molar-refractivity contribution in [1.82, 2.24) is 9.97 Å². The number of benzene rings is 1. The van der Waals surface area contributed by atoms with Crippen LogP contribution in [0.15, 0.2) is 30.3 Å². The summed E-state index contributed by atoms with van der Waals surface area (Å²) >= 11 is 6.08. The molecule has 152 valence electrons. The number of carbonyl (C=O) groups excluding carboxylic acids is 1. The van der Waals surface area contributed by atoms with Crippen molar-refractivity contribution in [1.29, 1.82) is 0 Å². The molecule has 6 nitrogen and oxygen atoms in total. The van der Waals surface area contributed by atoms with Gasteiger partial charge in [0, 0.05) is 12.1 Å². The molecule has 0 bridgehead atoms. The van der Waals surface area contributed by atoms with E-state index in [1.807, 2.05) is 6.07 Å². The number of allylic oxidation sites excluding steroid dienone is 1. The first-order valence-electron chi connectivity index (χ1n) is 8.80. The van der Waals surface area contributed by atoms with Gasteiger partial charge in [-0.05, 0) is 35.8 Å². The van der Waals surface area contributed by atoms with Crippen molar-refractivity contribution in [2.24, 2.45) is 0 Å². The monoisotopic (exact) mass is 425 g/mol. The van der Waals surface area contributed by atoms with Gasteiger partial charge >= 0.3 is 6.18 Å². The van der Waals surface area contributed by atoms with Crippen LogP contribution in [0.3, 0.4) is 0 Å². The summed E-state index contributed by atoms with van der Waals surface area (Å²) in [6.07, 6.45) is -0.686. The van der Waals surface area contributed by atoms with Crippen molar-refractivity contribution in [2.45, 2.75) is 19.0 Å². The normalized spacial score (nSPS) is 16.3. The molecule has 2 aliphatic rings. The van der Waals surface area contributed by atoms with Gasteiger partial charge in [-0.25, -0.2) is 9.97 Å². The molecule has 0 N–H and O–H groups in total. The number of nitrogens with zero attached hydrogens (tertiary/aromatic N) is 3. The van der Waals surface area contributed by atoms with Gasteiger partial charge in [0.15, 0.2) is 6.61 Å². The molecule has 1 aromatic carbocycles. The van der Waals surface area contributed by atoms with Gasteiger partial charge in [-0.1, -0.05) is 17.7 Å². The molecule has 10 heteroatoms. The second kappa shape index (κ2) is 7.55. The van der Waals surface area contributed by atoms with E-state index in [2.05, 4.69) is 9.97 Å². The number of aryl methyl sites for hydroxylation is 1. The molecule has 0 fully saturated rings. The molecule has 0 saturated carbocycles. The molecule has 0 atom stereocenters. The van der Waals surface area contributed by atoms with Crippen LogP contribution in [0.4, 0.5) is 18.9 Å². The Labute approximate surface area is 168 Å². The lowest BCUT2D eigenvalue weighted by molar-refractivity contribution is -0.165. The van der Waals surface area contributed by atoms with E-state index in [0.29, 0.717) is 30.8 Å². The molecule has 0 saturated heterocycles. The standard InChI is InChI=1S/C19H15ClF3N3O3/c20-16-15-17(25-10-24-16)28-6-5-26(18(15)27)13-3-1-12-8-14(4-2-11(12)7-13)29-9-19(21,22)23/h1,3,7-8,10H,2,4-6,9H2. The molecular formula is C19H15ClF3N3O3. The van der Waals surface area contributed by atoms with E-state index in [4.69, 9.17) is 21.1 Å². The van der Waals surface area contributed by atoms with E-state index >= 15 is 0 Å². The number of ether oxygens (including phenoxy) is 2. The molecule has 29 heavy (non-hydrogen) atoms. The van der Waals surface area contributed by atoms with Gasteiger partial charge in [-0.2, -0.15) is 13.2 Å². The quantitative estimate of drug-likeness (QED) is 0.694. The number of hydrogen-bond donors (Lipinski definition) is 0. The molecule has 1 aliphatic heterocycles. The van der Waals surface area contributed by atoms with Crippen LogP contribution in [0.2, 0.25) is 5.15 Å². The number of rotatable bonds is 3. The first kappa shape index (κ1) is 19.5. The fraction of sp³-hybridized carbons (Fsp3) is 0.316. The van der Waals surface area contributed by atoms with Crippen molar-refractivity contribution in [3.05, 3.63) is 52.1 Å². The van der Waals surface area contributed by atoms with Crippen LogP contribution in [0.5, 0.6) is 5.88 Å². The maximum Gasteiger partial charge on any atom is 0.422 e. The number of alkyl halides is 3. The Balaban J connectivity index is 1.59. The van der Waals surface area contributed by atoms with E-state index in [1.165, 1.54) is 11.2 Å². The number of amides is 1. The Hall–Kier alpha value is -2.81. The van der Waals surface area contributed by atoms with E-state index < -0.39 is 12.8 Å². The number of carbonyl (C=O) groups is 1. The summed E-state index contributed by atoms with van der Waals surface area (Å²) in [6.45, 7) is -0.782. The summed E-state index contributed by atoms with van der Waals surface area (Å²) in [7, 11) is 0. The van der Waals surface area contributed by atoms with Crippen LogP contribution in [-0.2, 0) is 11.2 Å². The summed E-state index contributed by atoms with van der Waals surface area (Å²) in [5.74, 6) is 0.0631. The zero-order valence-corrected chi connectivity index (χ0v) is 15.8. The van der Waals surface area contributed by atoms with E-state index in [0.717, 1.165) is 11.1 Å². The Morgan fingerprint density at radius 3 is 2.86 bits per heavy atom. The molecule has 1 aromatic heterocycles. The average molecular weight is 426 g/mol. The van der Waals surface area contributed by atoms with Gasteiger partial charge in [0.2, 0.25) is 5.88 Å². The first-order chi connectivity index (χ1) is 13.8. The smallest absolute Gasteiger partial charge is 0.422 e. The Kier molecular flexibility index (Phi) is 5.08. The van der Waals surface area contributed by atoms with Crippen LogP contribution in [-0.4, -0.2) is 41.8 Å². The van der Waals surface area contributed by atoms with Gasteiger partial charge < -0.3 is 14.4 Å². The third-order valence-corrected chi connectivity index (χ3v) is 4.88. The number of hydrogen-bond acceptors (Lipinski definition) is 5. The lowest BCUT2D eigenvalue weighted by Crippen LogP contribution is -2.32. The van der Waals surface area contributed by atoms with Gasteiger partial charge in [0.25, 0.3) is 5.91 Å². The maximum absolute atomic E-state index is 13.0. The van der Waals surface area contributed by atoms with E-state index in [1.54, 1.807) is 18.2 Å². The maximum atomic E-state index is 13.0. The van der Waals surface area contributed by atoms with Gasteiger partial charge in [-0.3, -0.25) is 4.79 Å². The summed E-state index contributed by atoms with van der Waals surface area (Å²) in [4.78, 5) is 22.3.